The summed E-state index contributed by atoms with van der Waals surface area (Å²) in [6.45, 7) is 4.72. The van der Waals surface area contributed by atoms with Crippen LogP contribution in [0.15, 0.2) is 22.7 Å². The van der Waals surface area contributed by atoms with E-state index in [1.54, 1.807) is 18.2 Å². The molecule has 0 spiro atoms. The summed E-state index contributed by atoms with van der Waals surface area (Å²) in [7, 11) is -3.36. The summed E-state index contributed by atoms with van der Waals surface area (Å²) in [6, 6.07) is 5.39. The Labute approximate surface area is 128 Å². The Hall–Kier alpha value is -0.300. The maximum Gasteiger partial charge on any atom is 0.232 e. The Morgan fingerprint density at radius 2 is 2.05 bits per heavy atom. The van der Waals surface area contributed by atoms with Gasteiger partial charge in [-0.1, -0.05) is 41.4 Å². The molecule has 0 saturated heterocycles. The van der Waals surface area contributed by atoms with Gasteiger partial charge in [-0.2, -0.15) is 0 Å². The molecule has 0 aliphatic rings. The van der Waals surface area contributed by atoms with Gasteiger partial charge in [-0.25, -0.2) is 8.42 Å². The van der Waals surface area contributed by atoms with E-state index in [1.807, 2.05) is 13.8 Å². The van der Waals surface area contributed by atoms with Gasteiger partial charge < -0.3 is 5.32 Å². The van der Waals surface area contributed by atoms with Gasteiger partial charge in [0.1, 0.15) is 0 Å². The molecule has 1 aromatic carbocycles. The highest BCUT2D eigenvalue weighted by Gasteiger charge is 2.12. The predicted molar refractivity (Wildman–Crippen MR) is 84.3 cm³/mol. The van der Waals surface area contributed by atoms with Crippen LogP contribution in [0.2, 0.25) is 5.02 Å². The van der Waals surface area contributed by atoms with E-state index in [-0.39, 0.29) is 5.75 Å². The van der Waals surface area contributed by atoms with Crippen molar-refractivity contribution in [3.8, 4) is 0 Å². The average molecular weight is 370 g/mol. The molecule has 0 unspecified atom stereocenters. The highest BCUT2D eigenvalue weighted by Crippen LogP contribution is 2.26. The molecule has 1 rings (SSSR count). The highest BCUT2D eigenvalue weighted by molar-refractivity contribution is 9.10. The Kier molecular flexibility index (Phi) is 6.59. The van der Waals surface area contributed by atoms with Crippen LogP contribution in [-0.2, 0) is 10.0 Å². The maximum absolute atomic E-state index is 11.9. The van der Waals surface area contributed by atoms with E-state index in [4.69, 9.17) is 11.6 Å². The van der Waals surface area contributed by atoms with Crippen molar-refractivity contribution >= 4 is 43.2 Å². The number of hydrogen-bond acceptors (Lipinski definition) is 3. The lowest BCUT2D eigenvalue weighted by molar-refractivity contribution is 0.571. The first-order valence-corrected chi connectivity index (χ1v) is 8.81. The van der Waals surface area contributed by atoms with Gasteiger partial charge in [0.05, 0.1) is 16.5 Å². The second-order valence-corrected chi connectivity index (χ2v) is 7.67. The van der Waals surface area contributed by atoms with E-state index >= 15 is 0 Å². The fraction of sp³-hybridized carbons (Fsp3) is 0.500. The molecule has 0 aliphatic carbocycles. The summed E-state index contributed by atoms with van der Waals surface area (Å²) in [5.41, 5.74) is 0.404. The van der Waals surface area contributed by atoms with Gasteiger partial charge in [0.15, 0.2) is 0 Å². The molecule has 108 valence electrons. The lowest BCUT2D eigenvalue weighted by Crippen LogP contribution is -2.26. The number of sulfonamides is 1. The van der Waals surface area contributed by atoms with E-state index in [2.05, 4.69) is 26.0 Å². The van der Waals surface area contributed by atoms with Gasteiger partial charge in [-0.05, 0) is 31.2 Å². The number of rotatable bonds is 7. The van der Waals surface area contributed by atoms with Crippen molar-refractivity contribution < 1.29 is 8.42 Å². The first kappa shape index (κ1) is 16.8. The van der Waals surface area contributed by atoms with Crippen LogP contribution in [0, 0.1) is 0 Å². The third-order valence-electron chi connectivity index (χ3n) is 2.34. The fourth-order valence-corrected chi connectivity index (χ4v) is 3.36. The third kappa shape index (κ3) is 6.61. The topological polar surface area (TPSA) is 58.2 Å². The summed E-state index contributed by atoms with van der Waals surface area (Å²) in [4.78, 5) is 0. The smallest absolute Gasteiger partial charge is 0.232 e. The van der Waals surface area contributed by atoms with Gasteiger partial charge in [0, 0.05) is 10.5 Å². The molecule has 0 bridgehead atoms. The van der Waals surface area contributed by atoms with Crippen molar-refractivity contribution in [3.63, 3.8) is 0 Å². The number of benzene rings is 1. The number of anilines is 1. The first-order valence-electron chi connectivity index (χ1n) is 5.99. The van der Waals surface area contributed by atoms with E-state index in [0.717, 1.165) is 4.47 Å². The lowest BCUT2D eigenvalue weighted by atomic mass is 10.3. The van der Waals surface area contributed by atoms with Crippen LogP contribution < -0.4 is 10.0 Å². The minimum absolute atomic E-state index is 0.0686. The molecule has 7 heteroatoms. The lowest BCUT2D eigenvalue weighted by Gasteiger charge is -2.11. The minimum atomic E-state index is -3.36. The third-order valence-corrected chi connectivity index (χ3v) is 4.50. The molecule has 0 fully saturated rings. The molecule has 0 amide bonds. The molecular weight excluding hydrogens is 352 g/mol. The van der Waals surface area contributed by atoms with Crippen molar-refractivity contribution in [1.82, 2.24) is 5.32 Å². The minimum Gasteiger partial charge on any atom is -0.314 e. The normalized spacial score (nSPS) is 11.8. The largest absolute Gasteiger partial charge is 0.314 e. The van der Waals surface area contributed by atoms with Crippen molar-refractivity contribution in [2.45, 2.75) is 26.3 Å². The van der Waals surface area contributed by atoms with E-state index in [0.29, 0.717) is 29.7 Å². The highest BCUT2D eigenvalue weighted by atomic mass is 79.9. The molecule has 0 radical (unpaired) electrons. The summed E-state index contributed by atoms with van der Waals surface area (Å²) in [6.07, 6.45) is 0.557. The zero-order valence-corrected chi connectivity index (χ0v) is 14.1. The fourth-order valence-electron chi connectivity index (χ4n) is 1.44. The monoisotopic (exact) mass is 368 g/mol. The molecule has 19 heavy (non-hydrogen) atoms. The molecule has 0 saturated carbocycles. The molecule has 4 nitrogen and oxygen atoms in total. The summed E-state index contributed by atoms with van der Waals surface area (Å²) in [5.74, 6) is 0.0686. The van der Waals surface area contributed by atoms with Gasteiger partial charge in [-0.15, -0.1) is 0 Å². The van der Waals surface area contributed by atoms with Crippen molar-refractivity contribution in [3.05, 3.63) is 27.7 Å². The van der Waals surface area contributed by atoms with Crippen LogP contribution in [0.1, 0.15) is 20.3 Å². The van der Waals surface area contributed by atoms with Crippen LogP contribution in [0.25, 0.3) is 0 Å². The summed E-state index contributed by atoms with van der Waals surface area (Å²) < 4.78 is 27.0. The molecule has 0 atom stereocenters. The Balaban J connectivity index is 2.54. The number of halogens is 2. The first-order chi connectivity index (χ1) is 8.80. The second kappa shape index (κ2) is 7.47. The van der Waals surface area contributed by atoms with Crippen LogP contribution in [-0.4, -0.2) is 26.8 Å². The SMILES string of the molecule is CC(C)NCCCS(=O)(=O)Nc1ccc(Br)cc1Cl. The molecule has 0 aromatic heterocycles. The van der Waals surface area contributed by atoms with Crippen molar-refractivity contribution in [2.24, 2.45) is 0 Å². The summed E-state index contributed by atoms with van der Waals surface area (Å²) in [5, 5.41) is 3.55. The predicted octanol–water partition coefficient (Wildman–Crippen LogP) is 3.23. The van der Waals surface area contributed by atoms with Crippen LogP contribution in [0.5, 0.6) is 0 Å². The molecule has 1 aromatic rings. The van der Waals surface area contributed by atoms with E-state index in [9.17, 15) is 8.42 Å². The van der Waals surface area contributed by atoms with Gasteiger partial charge in [0.25, 0.3) is 0 Å². The molecule has 2 N–H and O–H groups in total. The van der Waals surface area contributed by atoms with Crippen molar-refractivity contribution in [1.29, 1.82) is 0 Å². The molecule has 0 aliphatic heterocycles. The van der Waals surface area contributed by atoms with Gasteiger partial charge in [-0.3, -0.25) is 4.72 Å². The van der Waals surface area contributed by atoms with E-state index < -0.39 is 10.0 Å². The quantitative estimate of drug-likeness (QED) is 0.725. The zero-order valence-electron chi connectivity index (χ0n) is 10.9. The van der Waals surface area contributed by atoms with Crippen LogP contribution >= 0.6 is 27.5 Å². The standard InChI is InChI=1S/C12H18BrClN2O2S/c1-9(2)15-6-3-7-19(17,18)16-12-5-4-10(13)8-11(12)14/h4-5,8-9,15-16H,3,6-7H2,1-2H3. The van der Waals surface area contributed by atoms with Crippen LogP contribution in [0.3, 0.4) is 0 Å². The van der Waals surface area contributed by atoms with Crippen molar-refractivity contribution in [2.75, 3.05) is 17.0 Å². The zero-order chi connectivity index (χ0) is 14.5. The molecular formula is C12H18BrClN2O2S. The number of hydrogen-bond donors (Lipinski definition) is 2. The molecule has 0 heterocycles. The number of nitrogens with one attached hydrogen (secondary N) is 2. The second-order valence-electron chi connectivity index (χ2n) is 4.51. The maximum atomic E-state index is 11.9. The van der Waals surface area contributed by atoms with Gasteiger partial charge in [0.2, 0.25) is 10.0 Å². The van der Waals surface area contributed by atoms with Gasteiger partial charge >= 0.3 is 0 Å². The summed E-state index contributed by atoms with van der Waals surface area (Å²) >= 11 is 9.24. The van der Waals surface area contributed by atoms with Crippen LogP contribution in [0.4, 0.5) is 5.69 Å². The Morgan fingerprint density at radius 1 is 1.37 bits per heavy atom. The Morgan fingerprint density at radius 3 is 2.63 bits per heavy atom. The Bertz CT molecular complexity index is 520. The average Bonchev–Trinajstić information content (AvgIpc) is 2.28. The van der Waals surface area contributed by atoms with E-state index in [1.165, 1.54) is 0 Å².